The number of nitrogens with zero attached hydrogens (tertiary/aromatic N) is 1. The maximum atomic E-state index is 9.98. The van der Waals surface area contributed by atoms with Crippen LogP contribution in [0.4, 0.5) is 0 Å². The summed E-state index contributed by atoms with van der Waals surface area (Å²) in [7, 11) is 0. The SMILES string of the molecule is CC1CN1C/C=C/C(=O)O. The highest BCUT2D eigenvalue weighted by Gasteiger charge is 2.26. The van der Waals surface area contributed by atoms with Crippen molar-refractivity contribution in [1.82, 2.24) is 4.90 Å². The highest BCUT2D eigenvalue weighted by Crippen LogP contribution is 2.14. The molecule has 3 nitrogen and oxygen atoms in total. The molecule has 0 aliphatic carbocycles. The summed E-state index contributed by atoms with van der Waals surface area (Å²) in [4.78, 5) is 12.2. The van der Waals surface area contributed by atoms with E-state index in [0.29, 0.717) is 6.04 Å². The third-order valence-corrected chi connectivity index (χ3v) is 1.59. The van der Waals surface area contributed by atoms with Crippen molar-refractivity contribution in [2.45, 2.75) is 13.0 Å². The molecule has 1 saturated heterocycles. The standard InChI is InChI=1S/C7H11NO2/c1-6-5-8(6)4-2-3-7(9)10/h2-3,6H,4-5H2,1H3,(H,9,10)/b3-2+. The minimum absolute atomic E-state index is 0.651. The summed E-state index contributed by atoms with van der Waals surface area (Å²) in [6.07, 6.45) is 2.86. The van der Waals surface area contributed by atoms with E-state index in [0.717, 1.165) is 13.1 Å². The Kier molecular flexibility index (Phi) is 2.06. The summed E-state index contributed by atoms with van der Waals surface area (Å²) in [6, 6.07) is 0.651. The minimum Gasteiger partial charge on any atom is -0.478 e. The van der Waals surface area contributed by atoms with Crippen molar-refractivity contribution in [3.63, 3.8) is 0 Å². The molecular weight excluding hydrogens is 130 g/mol. The smallest absolute Gasteiger partial charge is 0.328 e. The van der Waals surface area contributed by atoms with Gasteiger partial charge in [-0.2, -0.15) is 0 Å². The summed E-state index contributed by atoms with van der Waals surface area (Å²) in [5, 5.41) is 8.21. The number of aliphatic carboxylic acids is 1. The lowest BCUT2D eigenvalue weighted by Gasteiger charge is -1.91. The lowest BCUT2D eigenvalue weighted by molar-refractivity contribution is -0.131. The second kappa shape index (κ2) is 2.84. The van der Waals surface area contributed by atoms with Crippen LogP contribution in [0.2, 0.25) is 0 Å². The van der Waals surface area contributed by atoms with Crippen LogP contribution in [0.3, 0.4) is 0 Å². The fraction of sp³-hybridized carbons (Fsp3) is 0.571. The van der Waals surface area contributed by atoms with E-state index in [1.807, 2.05) is 0 Å². The zero-order chi connectivity index (χ0) is 7.56. The Labute approximate surface area is 59.9 Å². The lowest BCUT2D eigenvalue weighted by atomic mass is 10.5. The normalized spacial score (nSPS) is 30.9. The molecule has 3 heteroatoms. The number of hydrogen-bond acceptors (Lipinski definition) is 2. The Hall–Kier alpha value is -0.830. The number of carboxylic acids is 1. The summed E-state index contributed by atoms with van der Waals surface area (Å²) in [5.41, 5.74) is 0. The van der Waals surface area contributed by atoms with Gasteiger partial charge in [0, 0.05) is 25.2 Å². The molecule has 0 aromatic carbocycles. The number of rotatable bonds is 3. The van der Waals surface area contributed by atoms with Crippen molar-refractivity contribution in [3.05, 3.63) is 12.2 Å². The van der Waals surface area contributed by atoms with Crippen molar-refractivity contribution >= 4 is 5.97 Å². The maximum Gasteiger partial charge on any atom is 0.328 e. The molecule has 1 aliphatic heterocycles. The molecule has 0 amide bonds. The van der Waals surface area contributed by atoms with Gasteiger partial charge in [0.05, 0.1) is 0 Å². The van der Waals surface area contributed by atoms with Crippen LogP contribution < -0.4 is 0 Å². The van der Waals surface area contributed by atoms with Crippen molar-refractivity contribution < 1.29 is 9.90 Å². The Morgan fingerprint density at radius 2 is 2.50 bits per heavy atom. The highest BCUT2D eigenvalue weighted by molar-refractivity contribution is 5.79. The van der Waals surface area contributed by atoms with Gasteiger partial charge in [0.25, 0.3) is 0 Å². The molecule has 0 radical (unpaired) electrons. The van der Waals surface area contributed by atoms with E-state index in [-0.39, 0.29) is 0 Å². The van der Waals surface area contributed by atoms with Gasteiger partial charge < -0.3 is 5.11 Å². The zero-order valence-electron chi connectivity index (χ0n) is 5.95. The predicted octanol–water partition coefficient (Wildman–Crippen LogP) is 0.331. The van der Waals surface area contributed by atoms with E-state index in [4.69, 9.17) is 5.11 Å². The van der Waals surface area contributed by atoms with Crippen LogP contribution >= 0.6 is 0 Å². The van der Waals surface area contributed by atoms with Gasteiger partial charge in [-0.15, -0.1) is 0 Å². The largest absolute Gasteiger partial charge is 0.478 e. The second-order valence-electron chi connectivity index (χ2n) is 2.54. The summed E-state index contributed by atoms with van der Waals surface area (Å²) in [6.45, 7) is 3.99. The molecule has 56 valence electrons. The molecule has 1 rings (SSSR count). The molecule has 1 heterocycles. The molecule has 10 heavy (non-hydrogen) atoms. The van der Waals surface area contributed by atoms with Crippen LogP contribution in [-0.2, 0) is 4.79 Å². The van der Waals surface area contributed by atoms with Crippen molar-refractivity contribution in [3.8, 4) is 0 Å². The molecular formula is C7H11NO2. The Balaban J connectivity index is 2.11. The van der Waals surface area contributed by atoms with Gasteiger partial charge in [-0.25, -0.2) is 4.79 Å². The molecule has 0 aromatic heterocycles. The molecule has 2 unspecified atom stereocenters. The first kappa shape index (κ1) is 7.28. The molecule has 2 atom stereocenters. The van der Waals surface area contributed by atoms with E-state index < -0.39 is 5.97 Å². The zero-order valence-corrected chi connectivity index (χ0v) is 5.95. The van der Waals surface area contributed by atoms with Crippen LogP contribution in [0.1, 0.15) is 6.92 Å². The van der Waals surface area contributed by atoms with Crippen LogP contribution in [0.5, 0.6) is 0 Å². The monoisotopic (exact) mass is 141 g/mol. The van der Waals surface area contributed by atoms with Crippen LogP contribution in [-0.4, -0.2) is 35.1 Å². The van der Waals surface area contributed by atoms with E-state index in [1.54, 1.807) is 6.08 Å². The van der Waals surface area contributed by atoms with Crippen molar-refractivity contribution in [2.75, 3.05) is 13.1 Å². The van der Waals surface area contributed by atoms with E-state index in [9.17, 15) is 4.79 Å². The summed E-state index contributed by atoms with van der Waals surface area (Å²) in [5.74, 6) is -0.866. The van der Waals surface area contributed by atoms with Gasteiger partial charge in [-0.1, -0.05) is 6.08 Å². The molecule has 0 aromatic rings. The van der Waals surface area contributed by atoms with E-state index >= 15 is 0 Å². The quantitative estimate of drug-likeness (QED) is 0.455. The Morgan fingerprint density at radius 3 is 2.90 bits per heavy atom. The molecule has 1 aliphatic rings. The lowest BCUT2D eigenvalue weighted by Crippen LogP contribution is -1.99. The predicted molar refractivity (Wildman–Crippen MR) is 37.8 cm³/mol. The third-order valence-electron chi connectivity index (χ3n) is 1.59. The van der Waals surface area contributed by atoms with Gasteiger partial charge in [0.2, 0.25) is 0 Å². The van der Waals surface area contributed by atoms with Gasteiger partial charge in [-0.3, -0.25) is 4.90 Å². The number of carbonyl (C=O) groups is 1. The molecule has 0 bridgehead atoms. The average Bonchev–Trinajstić information content (AvgIpc) is 2.46. The number of hydrogen-bond donors (Lipinski definition) is 1. The Bertz CT molecular complexity index is 165. The third kappa shape index (κ3) is 2.19. The average molecular weight is 141 g/mol. The van der Waals surface area contributed by atoms with E-state index in [1.165, 1.54) is 6.08 Å². The molecule has 1 fully saturated rings. The fourth-order valence-corrected chi connectivity index (χ4v) is 0.836. The first-order valence-corrected chi connectivity index (χ1v) is 3.33. The highest BCUT2D eigenvalue weighted by atomic mass is 16.4. The first-order valence-electron chi connectivity index (χ1n) is 3.33. The Morgan fingerprint density at radius 1 is 1.90 bits per heavy atom. The molecule has 0 spiro atoms. The molecule has 0 saturated carbocycles. The second-order valence-corrected chi connectivity index (χ2v) is 2.54. The van der Waals surface area contributed by atoms with Crippen molar-refractivity contribution in [1.29, 1.82) is 0 Å². The fourth-order valence-electron chi connectivity index (χ4n) is 0.836. The number of carboxylic acid groups (broad SMARTS) is 1. The van der Waals surface area contributed by atoms with Crippen LogP contribution in [0, 0.1) is 0 Å². The van der Waals surface area contributed by atoms with Gasteiger partial charge >= 0.3 is 5.97 Å². The summed E-state index contributed by atoms with van der Waals surface area (Å²) < 4.78 is 0. The minimum atomic E-state index is -0.866. The topological polar surface area (TPSA) is 40.3 Å². The van der Waals surface area contributed by atoms with Crippen LogP contribution in [0.15, 0.2) is 12.2 Å². The van der Waals surface area contributed by atoms with E-state index in [2.05, 4.69) is 11.8 Å². The van der Waals surface area contributed by atoms with Gasteiger partial charge in [-0.05, 0) is 6.92 Å². The van der Waals surface area contributed by atoms with Gasteiger partial charge in [0.15, 0.2) is 0 Å². The van der Waals surface area contributed by atoms with Gasteiger partial charge in [0.1, 0.15) is 0 Å². The van der Waals surface area contributed by atoms with Crippen LogP contribution in [0.25, 0.3) is 0 Å². The first-order chi connectivity index (χ1) is 4.70. The maximum absolute atomic E-state index is 9.98. The summed E-state index contributed by atoms with van der Waals surface area (Å²) >= 11 is 0. The van der Waals surface area contributed by atoms with Crippen molar-refractivity contribution in [2.24, 2.45) is 0 Å². The molecule has 1 N–H and O–H groups in total.